The largest absolute Gasteiger partial charge is 0.417 e. The van der Waals surface area contributed by atoms with Gasteiger partial charge in [0.05, 0.1) is 21.2 Å². The number of nitrogens with zero attached hydrogens (tertiary/aromatic N) is 1. The molecular formula is C22H17ClF4N2O3S. The summed E-state index contributed by atoms with van der Waals surface area (Å²) in [6.45, 7) is 0.862. The summed E-state index contributed by atoms with van der Waals surface area (Å²) in [6.07, 6.45) is -4.85. The molecule has 3 aromatic rings. The van der Waals surface area contributed by atoms with E-state index in [9.17, 15) is 30.8 Å². The molecule has 0 fully saturated rings. The first-order valence-electron chi connectivity index (χ1n) is 9.39. The zero-order valence-corrected chi connectivity index (χ0v) is 18.6. The molecule has 0 saturated carbocycles. The van der Waals surface area contributed by atoms with E-state index in [1.54, 1.807) is 6.92 Å². The monoisotopic (exact) mass is 500 g/mol. The average molecular weight is 501 g/mol. The van der Waals surface area contributed by atoms with Crippen LogP contribution in [0.4, 0.5) is 28.9 Å². The fourth-order valence-corrected chi connectivity index (χ4v) is 4.57. The number of aryl methyl sites for hydroxylation is 1. The van der Waals surface area contributed by atoms with Gasteiger partial charge in [0, 0.05) is 5.69 Å². The first kappa shape index (κ1) is 24.5. The van der Waals surface area contributed by atoms with Crippen molar-refractivity contribution >= 4 is 38.9 Å². The second-order valence-corrected chi connectivity index (χ2v) is 9.31. The van der Waals surface area contributed by atoms with Gasteiger partial charge in [0.2, 0.25) is 5.91 Å². The van der Waals surface area contributed by atoms with Gasteiger partial charge in [-0.05, 0) is 55.5 Å². The van der Waals surface area contributed by atoms with E-state index in [4.69, 9.17) is 11.6 Å². The fraction of sp³-hybridized carbons (Fsp3) is 0.136. The lowest BCUT2D eigenvalue weighted by molar-refractivity contribution is -0.137. The van der Waals surface area contributed by atoms with Gasteiger partial charge >= 0.3 is 6.18 Å². The normalized spacial score (nSPS) is 11.8. The summed E-state index contributed by atoms with van der Waals surface area (Å²) in [7, 11) is -4.45. The van der Waals surface area contributed by atoms with E-state index >= 15 is 0 Å². The molecule has 5 nitrogen and oxygen atoms in total. The van der Waals surface area contributed by atoms with Gasteiger partial charge in [-0.15, -0.1) is 0 Å². The van der Waals surface area contributed by atoms with Crippen molar-refractivity contribution in [2.24, 2.45) is 0 Å². The molecule has 174 valence electrons. The van der Waals surface area contributed by atoms with Gasteiger partial charge in [0.15, 0.2) is 0 Å². The van der Waals surface area contributed by atoms with Crippen molar-refractivity contribution in [3.8, 4) is 0 Å². The Morgan fingerprint density at radius 3 is 2.30 bits per heavy atom. The third-order valence-electron chi connectivity index (χ3n) is 4.55. The minimum atomic E-state index is -4.85. The third-order valence-corrected chi connectivity index (χ3v) is 6.67. The smallest absolute Gasteiger partial charge is 0.324 e. The molecule has 0 radical (unpaired) electrons. The summed E-state index contributed by atoms with van der Waals surface area (Å²) in [5.74, 6) is -1.52. The molecule has 1 N–H and O–H groups in total. The van der Waals surface area contributed by atoms with Crippen LogP contribution in [-0.2, 0) is 21.0 Å². The standard InChI is InChI=1S/C22H17ClF4N2O3S/c1-14-5-8-18(9-6-14)33(31,32)29(13-21(30)28-16-4-2-3-15(24)11-16)17-7-10-20(23)19(12-17)22(25,26)27/h2-12H,13H2,1H3,(H,28,30). The highest BCUT2D eigenvalue weighted by Crippen LogP contribution is 2.38. The number of halogens is 5. The van der Waals surface area contributed by atoms with Gasteiger partial charge < -0.3 is 5.32 Å². The highest BCUT2D eigenvalue weighted by molar-refractivity contribution is 7.92. The Balaban J connectivity index is 2.05. The molecule has 0 aliphatic carbocycles. The summed E-state index contributed by atoms with van der Waals surface area (Å²) in [5.41, 5.74) is -0.854. The lowest BCUT2D eigenvalue weighted by Gasteiger charge is -2.25. The Hall–Kier alpha value is -3.11. The maximum Gasteiger partial charge on any atom is 0.417 e. The maximum absolute atomic E-state index is 13.4. The molecule has 0 heterocycles. The molecule has 0 aliphatic rings. The lowest BCUT2D eigenvalue weighted by Crippen LogP contribution is -2.38. The Morgan fingerprint density at radius 2 is 1.70 bits per heavy atom. The molecule has 0 spiro atoms. The second kappa shape index (κ2) is 9.40. The van der Waals surface area contributed by atoms with E-state index in [0.717, 1.165) is 29.8 Å². The maximum atomic E-state index is 13.4. The molecule has 0 atom stereocenters. The van der Waals surface area contributed by atoms with Crippen LogP contribution in [0.5, 0.6) is 0 Å². The number of hydrogen-bond acceptors (Lipinski definition) is 3. The van der Waals surface area contributed by atoms with E-state index in [2.05, 4.69) is 5.32 Å². The Kier molecular flexibility index (Phi) is 6.99. The number of benzene rings is 3. The molecule has 0 aromatic heterocycles. The van der Waals surface area contributed by atoms with Crippen molar-refractivity contribution in [1.82, 2.24) is 0 Å². The number of carbonyl (C=O) groups excluding carboxylic acids is 1. The highest BCUT2D eigenvalue weighted by Gasteiger charge is 2.35. The molecule has 0 aliphatic heterocycles. The predicted octanol–water partition coefficient (Wildman–Crippen LogP) is 5.64. The number of alkyl halides is 3. The molecule has 0 saturated heterocycles. The summed E-state index contributed by atoms with van der Waals surface area (Å²) in [6, 6.07) is 13.0. The molecule has 0 unspecified atom stereocenters. The summed E-state index contributed by atoms with van der Waals surface area (Å²) < 4.78 is 80.7. The molecule has 3 aromatic carbocycles. The van der Waals surface area contributed by atoms with E-state index in [1.807, 2.05) is 0 Å². The number of anilines is 2. The predicted molar refractivity (Wildman–Crippen MR) is 117 cm³/mol. The Morgan fingerprint density at radius 1 is 1.03 bits per heavy atom. The summed E-state index contributed by atoms with van der Waals surface area (Å²) in [4.78, 5) is 12.4. The second-order valence-electron chi connectivity index (χ2n) is 7.05. The van der Waals surface area contributed by atoms with E-state index in [-0.39, 0.29) is 10.6 Å². The van der Waals surface area contributed by atoms with Crippen molar-refractivity contribution in [3.05, 3.63) is 88.7 Å². The van der Waals surface area contributed by atoms with Crippen LogP contribution in [0.25, 0.3) is 0 Å². The first-order valence-corrected chi connectivity index (χ1v) is 11.2. The SMILES string of the molecule is Cc1ccc(S(=O)(=O)N(CC(=O)Nc2cccc(F)c2)c2ccc(Cl)c(C(F)(F)F)c2)cc1. The van der Waals surface area contributed by atoms with Gasteiger partial charge in [-0.2, -0.15) is 13.2 Å². The van der Waals surface area contributed by atoms with Gasteiger partial charge in [-0.3, -0.25) is 9.10 Å². The number of sulfonamides is 1. The van der Waals surface area contributed by atoms with Crippen molar-refractivity contribution in [1.29, 1.82) is 0 Å². The Bertz CT molecular complexity index is 1280. The van der Waals surface area contributed by atoms with Crippen LogP contribution < -0.4 is 9.62 Å². The molecular weight excluding hydrogens is 484 g/mol. The molecule has 3 rings (SSSR count). The molecule has 33 heavy (non-hydrogen) atoms. The summed E-state index contributed by atoms with van der Waals surface area (Å²) >= 11 is 5.66. The summed E-state index contributed by atoms with van der Waals surface area (Å²) in [5, 5.41) is 1.72. The molecule has 1 amide bonds. The first-order chi connectivity index (χ1) is 15.4. The van der Waals surface area contributed by atoms with Crippen molar-refractivity contribution in [2.75, 3.05) is 16.2 Å². The van der Waals surface area contributed by atoms with Crippen molar-refractivity contribution < 1.29 is 30.8 Å². The third kappa shape index (κ3) is 5.82. The topological polar surface area (TPSA) is 66.5 Å². The van der Waals surface area contributed by atoms with Crippen LogP contribution in [0.1, 0.15) is 11.1 Å². The van der Waals surface area contributed by atoms with Crippen LogP contribution >= 0.6 is 11.6 Å². The number of amides is 1. The quantitative estimate of drug-likeness (QED) is 0.445. The Labute approximate surface area is 192 Å². The van der Waals surface area contributed by atoms with Gasteiger partial charge in [0.25, 0.3) is 10.0 Å². The minimum absolute atomic E-state index is 0.0553. The van der Waals surface area contributed by atoms with Gasteiger partial charge in [0.1, 0.15) is 12.4 Å². The fourth-order valence-electron chi connectivity index (χ4n) is 2.94. The number of rotatable bonds is 6. The zero-order valence-electron chi connectivity index (χ0n) is 17.0. The average Bonchev–Trinajstić information content (AvgIpc) is 2.72. The van der Waals surface area contributed by atoms with Crippen LogP contribution in [0.2, 0.25) is 5.02 Å². The van der Waals surface area contributed by atoms with Crippen LogP contribution in [0.15, 0.2) is 71.6 Å². The number of carbonyl (C=O) groups is 1. The van der Waals surface area contributed by atoms with E-state index < -0.39 is 50.7 Å². The molecule has 11 heteroatoms. The van der Waals surface area contributed by atoms with E-state index in [0.29, 0.717) is 10.4 Å². The number of nitrogens with one attached hydrogen (secondary N) is 1. The van der Waals surface area contributed by atoms with Crippen LogP contribution in [0, 0.1) is 12.7 Å². The number of hydrogen-bond donors (Lipinski definition) is 1. The minimum Gasteiger partial charge on any atom is -0.324 e. The van der Waals surface area contributed by atoms with Crippen molar-refractivity contribution in [3.63, 3.8) is 0 Å². The molecule has 0 bridgehead atoms. The van der Waals surface area contributed by atoms with Crippen LogP contribution in [-0.4, -0.2) is 20.9 Å². The van der Waals surface area contributed by atoms with Gasteiger partial charge in [-0.1, -0.05) is 35.4 Å². The van der Waals surface area contributed by atoms with E-state index in [1.165, 1.54) is 36.4 Å². The highest BCUT2D eigenvalue weighted by atomic mass is 35.5. The zero-order chi connectivity index (χ0) is 24.4. The lowest BCUT2D eigenvalue weighted by atomic mass is 10.2. The van der Waals surface area contributed by atoms with Gasteiger partial charge in [-0.25, -0.2) is 12.8 Å². The van der Waals surface area contributed by atoms with Crippen LogP contribution in [0.3, 0.4) is 0 Å². The van der Waals surface area contributed by atoms with Crippen molar-refractivity contribution in [2.45, 2.75) is 18.0 Å².